The molecule has 0 fully saturated rings. The summed E-state index contributed by atoms with van der Waals surface area (Å²) in [5, 5.41) is 12.3. The van der Waals surface area contributed by atoms with Crippen LogP contribution in [0.25, 0.3) is 0 Å². The van der Waals surface area contributed by atoms with E-state index in [1.807, 2.05) is 13.8 Å². The Balaban J connectivity index is 1.90. The topological polar surface area (TPSA) is 96.3 Å². The molecule has 1 unspecified atom stereocenters. The van der Waals surface area contributed by atoms with Crippen molar-refractivity contribution in [3.63, 3.8) is 0 Å². The average Bonchev–Trinajstić information content (AvgIpc) is 2.94. The Morgan fingerprint density at radius 2 is 1.62 bits per heavy atom. The van der Waals surface area contributed by atoms with E-state index in [9.17, 15) is 9.59 Å². The van der Waals surface area contributed by atoms with Crippen molar-refractivity contribution in [2.45, 2.75) is 33.7 Å². The van der Waals surface area contributed by atoms with E-state index in [1.165, 1.54) is 0 Å². The molecule has 7 nitrogen and oxygen atoms in total. The lowest BCUT2D eigenvalue weighted by atomic mass is 10.2. The summed E-state index contributed by atoms with van der Waals surface area (Å²) in [5.74, 6) is 0.682. The molecule has 2 amide bonds. The fourth-order valence-electron chi connectivity index (χ4n) is 1.91. The van der Waals surface area contributed by atoms with Crippen LogP contribution in [-0.2, 0) is 9.59 Å². The number of hydrogen-bond acceptors (Lipinski definition) is 5. The van der Waals surface area contributed by atoms with Crippen LogP contribution >= 0.6 is 0 Å². The molecule has 24 heavy (non-hydrogen) atoms. The highest BCUT2D eigenvalue weighted by Crippen LogP contribution is 2.16. The first-order chi connectivity index (χ1) is 11.3. The fourth-order valence-corrected chi connectivity index (χ4v) is 1.91. The van der Waals surface area contributed by atoms with Crippen LogP contribution in [0.15, 0.2) is 34.9 Å². The lowest BCUT2D eigenvalue weighted by Crippen LogP contribution is -2.31. The minimum Gasteiger partial charge on any atom is -0.374 e. The number of amides is 2. The molecule has 0 saturated carbocycles. The van der Waals surface area contributed by atoms with Gasteiger partial charge in [0.1, 0.15) is 11.8 Å². The maximum absolute atomic E-state index is 12.1. The molecule has 0 spiro atoms. The summed E-state index contributed by atoms with van der Waals surface area (Å²) in [6.07, 6.45) is 0. The second-order valence-corrected chi connectivity index (χ2v) is 5.90. The molecule has 7 heteroatoms. The zero-order valence-corrected chi connectivity index (χ0v) is 14.2. The van der Waals surface area contributed by atoms with Gasteiger partial charge in [-0.1, -0.05) is 19.0 Å². The molecule has 1 atom stereocenters. The zero-order valence-electron chi connectivity index (χ0n) is 14.2. The van der Waals surface area contributed by atoms with Gasteiger partial charge in [0.25, 0.3) is 0 Å². The minimum atomic E-state index is -0.460. The molecule has 0 bridgehead atoms. The first-order valence-corrected chi connectivity index (χ1v) is 7.77. The van der Waals surface area contributed by atoms with Gasteiger partial charge in [0.2, 0.25) is 11.8 Å². The smallest absolute Gasteiger partial charge is 0.247 e. The summed E-state index contributed by atoms with van der Waals surface area (Å²) < 4.78 is 4.91. The summed E-state index contributed by atoms with van der Waals surface area (Å²) in [5.41, 5.74) is 1.49. The van der Waals surface area contributed by atoms with Crippen molar-refractivity contribution >= 4 is 29.0 Å². The van der Waals surface area contributed by atoms with Crippen molar-refractivity contribution in [2.75, 3.05) is 16.0 Å². The Labute approximate surface area is 140 Å². The van der Waals surface area contributed by atoms with Crippen molar-refractivity contribution in [3.8, 4) is 0 Å². The largest absolute Gasteiger partial charge is 0.374 e. The number of carbonyl (C=O) groups is 2. The first-order valence-electron chi connectivity index (χ1n) is 7.77. The Bertz CT molecular complexity index is 707. The molecule has 1 aromatic heterocycles. The molecule has 3 N–H and O–H groups in total. The van der Waals surface area contributed by atoms with Crippen molar-refractivity contribution in [3.05, 3.63) is 36.1 Å². The molecular weight excluding hydrogens is 308 g/mol. The number of hydrogen-bond donors (Lipinski definition) is 3. The number of benzene rings is 1. The fraction of sp³-hybridized carbons (Fsp3) is 0.353. The van der Waals surface area contributed by atoms with Crippen LogP contribution in [0.5, 0.6) is 0 Å². The molecule has 0 saturated heterocycles. The van der Waals surface area contributed by atoms with Gasteiger partial charge in [-0.25, -0.2) is 0 Å². The molecule has 0 aliphatic carbocycles. The van der Waals surface area contributed by atoms with Crippen LogP contribution in [0.4, 0.5) is 17.2 Å². The number of carbonyl (C=O) groups excluding carboxylic acids is 2. The molecule has 0 radical (unpaired) electrons. The average molecular weight is 330 g/mol. The van der Waals surface area contributed by atoms with Crippen molar-refractivity contribution in [2.24, 2.45) is 5.92 Å². The van der Waals surface area contributed by atoms with Gasteiger partial charge in [-0.2, -0.15) is 0 Å². The highest BCUT2D eigenvalue weighted by atomic mass is 16.5. The quantitative estimate of drug-likeness (QED) is 0.756. The minimum absolute atomic E-state index is 0.0358. The van der Waals surface area contributed by atoms with Crippen LogP contribution in [-0.4, -0.2) is 23.0 Å². The van der Waals surface area contributed by atoms with Crippen LogP contribution in [0.1, 0.15) is 26.5 Å². The highest BCUT2D eigenvalue weighted by Gasteiger charge is 2.14. The van der Waals surface area contributed by atoms with Crippen molar-refractivity contribution in [1.29, 1.82) is 0 Å². The summed E-state index contributed by atoms with van der Waals surface area (Å²) in [6.45, 7) is 7.17. The highest BCUT2D eigenvalue weighted by molar-refractivity contribution is 5.95. The molecule has 128 valence electrons. The maximum Gasteiger partial charge on any atom is 0.247 e. The molecule has 1 aromatic carbocycles. The number of aromatic nitrogens is 1. The Morgan fingerprint density at radius 3 is 2.17 bits per heavy atom. The lowest BCUT2D eigenvalue weighted by molar-refractivity contribution is -0.119. The Morgan fingerprint density at radius 1 is 1.00 bits per heavy atom. The third kappa shape index (κ3) is 4.84. The van der Waals surface area contributed by atoms with E-state index in [-0.39, 0.29) is 17.7 Å². The molecule has 2 aromatic rings. The predicted octanol–water partition coefficient (Wildman–Crippen LogP) is 3.02. The van der Waals surface area contributed by atoms with Gasteiger partial charge in [0, 0.05) is 23.4 Å². The summed E-state index contributed by atoms with van der Waals surface area (Å²) in [6, 6.07) is 8.37. The van der Waals surface area contributed by atoms with Gasteiger partial charge in [0.05, 0.1) is 0 Å². The van der Waals surface area contributed by atoms with Crippen LogP contribution < -0.4 is 16.0 Å². The third-order valence-electron chi connectivity index (χ3n) is 3.33. The van der Waals surface area contributed by atoms with E-state index in [4.69, 9.17) is 4.52 Å². The van der Waals surface area contributed by atoms with Gasteiger partial charge in [-0.05, 0) is 38.1 Å². The van der Waals surface area contributed by atoms with E-state index in [1.54, 1.807) is 44.2 Å². The van der Waals surface area contributed by atoms with Gasteiger partial charge in [0.15, 0.2) is 5.82 Å². The number of aryl methyl sites for hydroxylation is 1. The molecule has 1 heterocycles. The van der Waals surface area contributed by atoms with Gasteiger partial charge in [-0.15, -0.1) is 0 Å². The van der Waals surface area contributed by atoms with Gasteiger partial charge in [-0.3, -0.25) is 9.59 Å². The van der Waals surface area contributed by atoms with E-state index in [2.05, 4.69) is 21.1 Å². The van der Waals surface area contributed by atoms with Crippen LogP contribution in [0.3, 0.4) is 0 Å². The standard InChI is InChI=1S/C17H22N4O3/c1-10(2)16(22)19-14-7-5-13(6-8-14)18-12(4)17(23)20-15-9-11(3)24-21-15/h5-10,12,18H,1-4H3,(H,19,22)(H,20,21,23). The predicted molar refractivity (Wildman–Crippen MR) is 92.9 cm³/mol. The molecule has 2 rings (SSSR count). The van der Waals surface area contributed by atoms with Gasteiger partial charge >= 0.3 is 0 Å². The second-order valence-electron chi connectivity index (χ2n) is 5.90. The van der Waals surface area contributed by atoms with E-state index in [0.29, 0.717) is 11.6 Å². The van der Waals surface area contributed by atoms with E-state index in [0.717, 1.165) is 11.4 Å². The number of rotatable bonds is 6. The summed E-state index contributed by atoms with van der Waals surface area (Å²) in [4.78, 5) is 23.7. The van der Waals surface area contributed by atoms with Crippen LogP contribution in [0, 0.1) is 12.8 Å². The Hall–Kier alpha value is -2.83. The second kappa shape index (κ2) is 7.63. The first kappa shape index (κ1) is 17.5. The lowest BCUT2D eigenvalue weighted by Gasteiger charge is -2.15. The Kier molecular flexibility index (Phi) is 5.57. The van der Waals surface area contributed by atoms with E-state index >= 15 is 0 Å². The van der Waals surface area contributed by atoms with Gasteiger partial charge < -0.3 is 20.5 Å². The SMILES string of the molecule is Cc1cc(NC(=O)C(C)Nc2ccc(NC(=O)C(C)C)cc2)no1. The maximum atomic E-state index is 12.1. The van der Waals surface area contributed by atoms with Crippen molar-refractivity contribution < 1.29 is 14.1 Å². The summed E-state index contributed by atoms with van der Waals surface area (Å²) >= 11 is 0. The number of nitrogens with zero attached hydrogens (tertiary/aromatic N) is 1. The normalized spacial score (nSPS) is 11.9. The van der Waals surface area contributed by atoms with E-state index < -0.39 is 6.04 Å². The third-order valence-corrected chi connectivity index (χ3v) is 3.33. The monoisotopic (exact) mass is 330 g/mol. The molecular formula is C17H22N4O3. The zero-order chi connectivity index (χ0) is 17.7. The molecule has 0 aliphatic rings. The van der Waals surface area contributed by atoms with Crippen LogP contribution in [0.2, 0.25) is 0 Å². The summed E-state index contributed by atoms with van der Waals surface area (Å²) in [7, 11) is 0. The number of nitrogens with one attached hydrogen (secondary N) is 3. The number of anilines is 3. The molecule has 0 aliphatic heterocycles. The van der Waals surface area contributed by atoms with Crippen molar-refractivity contribution in [1.82, 2.24) is 5.16 Å².